The van der Waals surface area contributed by atoms with Crippen LogP contribution in [0.15, 0.2) is 36.8 Å². The van der Waals surface area contributed by atoms with Gasteiger partial charge in [-0.3, -0.25) is 9.36 Å². The molecule has 1 amide bonds. The lowest BCUT2D eigenvalue weighted by Gasteiger charge is -2.10. The van der Waals surface area contributed by atoms with Gasteiger partial charge in [0.05, 0.1) is 12.5 Å². The molecule has 0 radical (unpaired) electrons. The Kier molecular flexibility index (Phi) is 3.73. The molecule has 4 nitrogen and oxygen atoms in total. The van der Waals surface area contributed by atoms with Crippen molar-refractivity contribution in [2.45, 2.75) is 6.18 Å². The molecule has 0 aliphatic heterocycles. The molecule has 0 aliphatic rings. The number of amides is 1. The lowest BCUT2D eigenvalue weighted by molar-refractivity contribution is -0.123. The number of halogens is 4. The lowest BCUT2D eigenvalue weighted by Crippen LogP contribution is -2.34. The number of benzene rings is 1. The molecular formula is C12H9F4N3O. The summed E-state index contributed by atoms with van der Waals surface area (Å²) < 4.78 is 50.2. The summed E-state index contributed by atoms with van der Waals surface area (Å²) in [6.45, 7) is -1.43. The van der Waals surface area contributed by atoms with Crippen LogP contribution in [0.5, 0.6) is 0 Å². The molecule has 0 fully saturated rings. The van der Waals surface area contributed by atoms with Crippen LogP contribution in [0.1, 0.15) is 10.5 Å². The van der Waals surface area contributed by atoms with Gasteiger partial charge in [-0.1, -0.05) is 0 Å². The van der Waals surface area contributed by atoms with Gasteiger partial charge in [0.15, 0.2) is 0 Å². The summed E-state index contributed by atoms with van der Waals surface area (Å²) in [4.78, 5) is 15.4. The van der Waals surface area contributed by atoms with Gasteiger partial charge in [0, 0.05) is 5.69 Å². The Bertz CT molecular complexity index is 604. The number of carbonyl (C=O) groups excluding carboxylic acids is 1. The molecule has 1 N–H and O–H groups in total. The van der Waals surface area contributed by atoms with Crippen LogP contribution in [0.4, 0.5) is 17.6 Å². The molecule has 0 saturated carbocycles. The number of aromatic nitrogens is 2. The molecule has 2 rings (SSSR count). The number of hydrogen-bond donors (Lipinski definition) is 1. The Morgan fingerprint density at radius 3 is 2.50 bits per heavy atom. The maximum atomic E-state index is 12.8. The monoisotopic (exact) mass is 287 g/mol. The lowest BCUT2D eigenvalue weighted by atomic mass is 10.3. The molecule has 0 bridgehead atoms. The normalized spacial score (nSPS) is 11.4. The van der Waals surface area contributed by atoms with E-state index in [9.17, 15) is 22.4 Å². The molecule has 20 heavy (non-hydrogen) atoms. The van der Waals surface area contributed by atoms with Crippen molar-refractivity contribution in [3.8, 4) is 5.69 Å². The second-order valence-corrected chi connectivity index (χ2v) is 3.92. The van der Waals surface area contributed by atoms with E-state index in [2.05, 4.69) is 4.98 Å². The maximum absolute atomic E-state index is 12.8. The Balaban J connectivity index is 2.20. The van der Waals surface area contributed by atoms with Crippen LogP contribution >= 0.6 is 0 Å². The van der Waals surface area contributed by atoms with Gasteiger partial charge in [-0.25, -0.2) is 9.37 Å². The van der Waals surface area contributed by atoms with Crippen LogP contribution in [-0.2, 0) is 0 Å². The second kappa shape index (κ2) is 5.32. The van der Waals surface area contributed by atoms with Crippen molar-refractivity contribution < 1.29 is 22.4 Å². The third-order valence-electron chi connectivity index (χ3n) is 2.43. The van der Waals surface area contributed by atoms with Crippen molar-refractivity contribution in [1.29, 1.82) is 0 Å². The minimum atomic E-state index is -4.49. The van der Waals surface area contributed by atoms with Gasteiger partial charge >= 0.3 is 6.18 Å². The van der Waals surface area contributed by atoms with Crippen molar-refractivity contribution in [2.75, 3.05) is 6.54 Å². The van der Waals surface area contributed by atoms with E-state index in [0.29, 0.717) is 5.69 Å². The first-order chi connectivity index (χ1) is 9.37. The number of carbonyl (C=O) groups is 1. The van der Waals surface area contributed by atoms with E-state index in [1.54, 1.807) is 5.32 Å². The van der Waals surface area contributed by atoms with Crippen molar-refractivity contribution in [2.24, 2.45) is 0 Å². The average molecular weight is 287 g/mol. The van der Waals surface area contributed by atoms with E-state index in [4.69, 9.17) is 0 Å². The van der Waals surface area contributed by atoms with E-state index >= 15 is 0 Å². The Morgan fingerprint density at radius 2 is 1.90 bits per heavy atom. The van der Waals surface area contributed by atoms with E-state index in [1.165, 1.54) is 35.2 Å². The molecule has 2 aromatic rings. The van der Waals surface area contributed by atoms with E-state index < -0.39 is 24.4 Å². The Labute approximate surface area is 111 Å². The van der Waals surface area contributed by atoms with E-state index in [1.807, 2.05) is 0 Å². The molecule has 0 unspecified atom stereocenters. The Hall–Kier alpha value is -2.38. The largest absolute Gasteiger partial charge is 0.405 e. The zero-order chi connectivity index (χ0) is 14.8. The fourth-order valence-corrected chi connectivity index (χ4v) is 1.54. The second-order valence-electron chi connectivity index (χ2n) is 3.92. The van der Waals surface area contributed by atoms with Crippen LogP contribution in [0.2, 0.25) is 0 Å². The zero-order valence-electron chi connectivity index (χ0n) is 9.99. The van der Waals surface area contributed by atoms with Crippen LogP contribution < -0.4 is 5.32 Å². The van der Waals surface area contributed by atoms with Crippen molar-refractivity contribution in [1.82, 2.24) is 14.9 Å². The molecule has 0 saturated heterocycles. The first-order valence-corrected chi connectivity index (χ1v) is 5.50. The number of hydrogen-bond acceptors (Lipinski definition) is 2. The SMILES string of the molecule is O=C(NCC(F)(F)F)c1cncn1-c1ccc(F)cc1. The molecule has 8 heteroatoms. The third kappa shape index (κ3) is 3.34. The van der Waals surface area contributed by atoms with Gasteiger partial charge in [-0.15, -0.1) is 0 Å². The zero-order valence-corrected chi connectivity index (χ0v) is 9.99. The van der Waals surface area contributed by atoms with Gasteiger partial charge in [0.25, 0.3) is 5.91 Å². The van der Waals surface area contributed by atoms with Gasteiger partial charge in [-0.2, -0.15) is 13.2 Å². The van der Waals surface area contributed by atoms with Crippen LogP contribution in [-0.4, -0.2) is 28.2 Å². The highest BCUT2D eigenvalue weighted by molar-refractivity contribution is 5.93. The predicted octanol–water partition coefficient (Wildman–Crippen LogP) is 2.30. The summed E-state index contributed by atoms with van der Waals surface area (Å²) >= 11 is 0. The molecule has 0 atom stereocenters. The first kappa shape index (κ1) is 14.0. The highest BCUT2D eigenvalue weighted by atomic mass is 19.4. The average Bonchev–Trinajstić information content (AvgIpc) is 2.85. The van der Waals surface area contributed by atoms with Gasteiger partial charge in [0.1, 0.15) is 18.1 Å². The quantitative estimate of drug-likeness (QED) is 0.881. The summed E-state index contributed by atoms with van der Waals surface area (Å²) in [7, 11) is 0. The number of alkyl halides is 3. The fraction of sp³-hybridized carbons (Fsp3) is 0.167. The molecule has 0 spiro atoms. The fourth-order valence-electron chi connectivity index (χ4n) is 1.54. The molecule has 106 valence electrons. The smallest absolute Gasteiger partial charge is 0.342 e. The third-order valence-corrected chi connectivity index (χ3v) is 2.43. The van der Waals surface area contributed by atoms with Crippen LogP contribution in [0, 0.1) is 5.82 Å². The Morgan fingerprint density at radius 1 is 1.25 bits per heavy atom. The first-order valence-electron chi connectivity index (χ1n) is 5.50. The summed E-state index contributed by atoms with van der Waals surface area (Å²) in [6, 6.07) is 5.12. The van der Waals surface area contributed by atoms with Gasteiger partial charge < -0.3 is 5.32 Å². The molecule has 1 heterocycles. The molecule has 1 aromatic carbocycles. The number of nitrogens with one attached hydrogen (secondary N) is 1. The number of nitrogens with zero attached hydrogens (tertiary/aromatic N) is 2. The minimum absolute atomic E-state index is 0.0686. The molecular weight excluding hydrogens is 278 g/mol. The molecule has 0 aliphatic carbocycles. The highest BCUT2D eigenvalue weighted by Crippen LogP contribution is 2.14. The van der Waals surface area contributed by atoms with Crippen molar-refractivity contribution in [3.63, 3.8) is 0 Å². The summed E-state index contributed by atoms with van der Waals surface area (Å²) in [5.74, 6) is -1.37. The maximum Gasteiger partial charge on any atom is 0.405 e. The van der Waals surface area contributed by atoms with Gasteiger partial charge in [0.2, 0.25) is 0 Å². The topological polar surface area (TPSA) is 46.9 Å². The highest BCUT2D eigenvalue weighted by Gasteiger charge is 2.28. The van der Waals surface area contributed by atoms with Crippen LogP contribution in [0.25, 0.3) is 5.69 Å². The van der Waals surface area contributed by atoms with Crippen molar-refractivity contribution >= 4 is 5.91 Å². The standard InChI is InChI=1S/C12H9F4N3O/c13-8-1-3-9(4-2-8)19-7-17-5-10(19)11(20)18-6-12(14,15)16/h1-5,7H,6H2,(H,18,20). The van der Waals surface area contributed by atoms with Gasteiger partial charge in [-0.05, 0) is 24.3 Å². The van der Waals surface area contributed by atoms with E-state index in [-0.39, 0.29) is 5.69 Å². The number of imidazole rings is 1. The summed E-state index contributed by atoms with van der Waals surface area (Å²) in [5.41, 5.74) is 0.349. The minimum Gasteiger partial charge on any atom is -0.342 e. The van der Waals surface area contributed by atoms with Crippen molar-refractivity contribution in [3.05, 3.63) is 48.3 Å². The number of rotatable bonds is 3. The summed E-state index contributed by atoms with van der Waals surface area (Å²) in [5, 5.41) is 1.75. The predicted molar refractivity (Wildman–Crippen MR) is 61.9 cm³/mol. The van der Waals surface area contributed by atoms with E-state index in [0.717, 1.165) is 6.20 Å². The van der Waals surface area contributed by atoms with Crippen LogP contribution in [0.3, 0.4) is 0 Å². The summed E-state index contributed by atoms with van der Waals surface area (Å²) in [6.07, 6.45) is -2.10. The molecule has 1 aromatic heterocycles.